The van der Waals surface area contributed by atoms with Crippen molar-refractivity contribution in [3.8, 4) is 0 Å². The topological polar surface area (TPSA) is 38.4 Å². The van der Waals surface area contributed by atoms with E-state index < -0.39 is 53.3 Å². The molecule has 10 heteroatoms. The summed E-state index contributed by atoms with van der Waals surface area (Å²) < 4.78 is 80.8. The summed E-state index contributed by atoms with van der Waals surface area (Å²) in [5.74, 6) is -2.68. The van der Waals surface area contributed by atoms with Gasteiger partial charge in [-0.25, -0.2) is 13.6 Å². The van der Waals surface area contributed by atoms with E-state index in [1.54, 1.807) is 23.6 Å². The minimum absolute atomic E-state index is 0.0426. The zero-order valence-electron chi connectivity index (χ0n) is 25.5. The molecule has 2 heterocycles. The van der Waals surface area contributed by atoms with E-state index in [-0.39, 0.29) is 22.0 Å². The van der Waals surface area contributed by atoms with Crippen molar-refractivity contribution in [2.24, 2.45) is 0 Å². The molecule has 7 rings (SSSR count). The maximum atomic E-state index is 15.6. The monoisotopic (exact) mass is 718 g/mol. The van der Waals surface area contributed by atoms with Crippen LogP contribution in [0.5, 0.6) is 0 Å². The quantitative estimate of drug-likeness (QED) is 0.127. The summed E-state index contributed by atoms with van der Waals surface area (Å²) in [7, 11) is 0. The first-order chi connectivity index (χ1) is 23.0. The van der Waals surface area contributed by atoms with E-state index in [1.807, 2.05) is 91.0 Å². The number of nitrogens with zero attached hydrogens (tertiary/aromatic N) is 2. The number of rotatable bonds is 6. The molecule has 0 radical (unpaired) electrons. The molecule has 0 N–H and O–H groups in total. The van der Waals surface area contributed by atoms with Crippen LogP contribution in [0.2, 0.25) is 0 Å². The molecule has 0 unspecified atom stereocenters. The third-order valence-electron chi connectivity index (χ3n) is 9.17. The summed E-state index contributed by atoms with van der Waals surface area (Å²) >= 11 is 3.07. The van der Waals surface area contributed by atoms with Crippen LogP contribution >= 0.6 is 15.9 Å². The van der Waals surface area contributed by atoms with Gasteiger partial charge in [0.05, 0.1) is 18.1 Å². The van der Waals surface area contributed by atoms with Crippen molar-refractivity contribution in [2.45, 2.75) is 37.1 Å². The van der Waals surface area contributed by atoms with E-state index >= 15 is 8.78 Å². The third kappa shape index (κ3) is 5.27. The van der Waals surface area contributed by atoms with Gasteiger partial charge in [-0.2, -0.15) is 13.2 Å². The second-order valence-corrected chi connectivity index (χ2v) is 12.9. The predicted molar refractivity (Wildman–Crippen MR) is 177 cm³/mol. The lowest BCUT2D eigenvalue weighted by atomic mass is 9.76. The number of hydrogen-bond acceptors (Lipinski definition) is 3. The van der Waals surface area contributed by atoms with Crippen molar-refractivity contribution in [2.75, 3.05) is 6.54 Å². The lowest BCUT2D eigenvalue weighted by molar-refractivity contribution is -0.155. The van der Waals surface area contributed by atoms with Crippen LogP contribution in [0, 0.1) is 11.6 Å². The summed E-state index contributed by atoms with van der Waals surface area (Å²) in [6, 6.07) is 31.5. The van der Waals surface area contributed by atoms with Gasteiger partial charge in [-0.1, -0.05) is 113 Å². The molecule has 0 saturated carbocycles. The average molecular weight is 720 g/mol. The Labute approximate surface area is 281 Å². The van der Waals surface area contributed by atoms with Gasteiger partial charge in [0.25, 0.3) is 0 Å². The first-order valence-corrected chi connectivity index (χ1v) is 16.1. The van der Waals surface area contributed by atoms with E-state index in [9.17, 15) is 18.0 Å². The molecule has 4 nitrogen and oxygen atoms in total. The number of aromatic nitrogens is 1. The number of halogens is 6. The maximum absolute atomic E-state index is 15.6. The molecule has 2 atom stereocenters. The average Bonchev–Trinajstić information content (AvgIpc) is 3.40. The van der Waals surface area contributed by atoms with Crippen LogP contribution in [0.4, 0.5) is 22.0 Å². The Bertz CT molecular complexity index is 2050. The van der Waals surface area contributed by atoms with E-state index in [1.165, 1.54) is 0 Å². The molecule has 0 aliphatic carbocycles. The largest absolute Gasteiger partial charge is 0.421 e. The van der Waals surface area contributed by atoms with Gasteiger partial charge < -0.3 is 4.42 Å². The van der Waals surface area contributed by atoms with Gasteiger partial charge in [-0.15, -0.1) is 0 Å². The van der Waals surface area contributed by atoms with Crippen LogP contribution in [-0.4, -0.2) is 28.2 Å². The van der Waals surface area contributed by atoms with Gasteiger partial charge in [-0.05, 0) is 53.8 Å². The lowest BCUT2D eigenvalue weighted by Gasteiger charge is -2.42. The molecule has 0 amide bonds. The fourth-order valence-corrected chi connectivity index (χ4v) is 7.70. The summed E-state index contributed by atoms with van der Waals surface area (Å²) in [5, 5.41) is 0. The number of benzene rings is 5. The molecule has 6 aromatic rings. The van der Waals surface area contributed by atoms with Crippen LogP contribution in [0.3, 0.4) is 0 Å². The predicted octanol–water partition coefficient (Wildman–Crippen LogP) is 9.37. The lowest BCUT2D eigenvalue weighted by Crippen LogP contribution is -2.47. The van der Waals surface area contributed by atoms with Gasteiger partial charge in [0.1, 0.15) is 17.2 Å². The minimum Gasteiger partial charge on any atom is -0.407 e. The maximum Gasteiger partial charge on any atom is 0.421 e. The Kier molecular flexibility index (Phi) is 8.12. The molecule has 1 aromatic heterocycles. The Morgan fingerprint density at radius 2 is 1.29 bits per heavy atom. The fraction of sp³-hybridized carbons (Fsp3) is 0.184. The van der Waals surface area contributed by atoms with Gasteiger partial charge in [0, 0.05) is 21.6 Å². The Hall–Kier alpha value is -4.54. The van der Waals surface area contributed by atoms with Crippen molar-refractivity contribution in [1.82, 2.24) is 9.47 Å². The van der Waals surface area contributed by atoms with E-state index in [0.29, 0.717) is 11.1 Å². The Morgan fingerprint density at radius 3 is 1.77 bits per heavy atom. The highest BCUT2D eigenvalue weighted by molar-refractivity contribution is 9.10. The minimum atomic E-state index is -4.65. The zero-order chi connectivity index (χ0) is 33.8. The molecule has 1 aliphatic heterocycles. The first-order valence-electron chi connectivity index (χ1n) is 15.3. The molecule has 48 heavy (non-hydrogen) atoms. The fourth-order valence-electron chi connectivity index (χ4n) is 7.30. The highest BCUT2D eigenvalue weighted by atomic mass is 79.9. The molecule has 5 aromatic carbocycles. The molecule has 1 aliphatic rings. The van der Waals surface area contributed by atoms with Gasteiger partial charge >= 0.3 is 11.9 Å². The van der Waals surface area contributed by atoms with Crippen LogP contribution in [0.1, 0.15) is 46.3 Å². The number of alkyl halides is 3. The summed E-state index contributed by atoms with van der Waals surface area (Å²) in [4.78, 5) is 15.4. The molecule has 0 bridgehead atoms. The smallest absolute Gasteiger partial charge is 0.407 e. The van der Waals surface area contributed by atoms with Crippen molar-refractivity contribution < 1.29 is 26.4 Å². The zero-order valence-corrected chi connectivity index (χ0v) is 27.1. The summed E-state index contributed by atoms with van der Waals surface area (Å²) in [5.41, 5.74) is 1.77. The molecule has 0 fully saturated rings. The molecule has 0 saturated heterocycles. The van der Waals surface area contributed by atoms with Crippen molar-refractivity contribution in [3.63, 3.8) is 0 Å². The van der Waals surface area contributed by atoms with Crippen LogP contribution in [0.15, 0.2) is 129 Å². The van der Waals surface area contributed by atoms with Gasteiger partial charge in [0.2, 0.25) is 0 Å². The molecule has 244 valence electrons. The van der Waals surface area contributed by atoms with Crippen molar-refractivity contribution >= 4 is 27.0 Å². The van der Waals surface area contributed by atoms with Crippen LogP contribution < -0.4 is 5.76 Å². The van der Waals surface area contributed by atoms with Crippen molar-refractivity contribution in [3.05, 3.63) is 175 Å². The standard InChI is InChI=1S/C38H28BrF5N2O2/c1-23-19-29-28(34(45(23)22-37(42,43)44)33-30(40)20-27(39)21-31(33)41)17-18-32-35(29)48-36(47)46(32)38(24-11-5-2-6-12-24,25-13-7-3-8-14-25)26-15-9-4-10-16-26/h2-18,20-21,23,34H,19,22H2,1H3/t23-,34+/m1/s1. The molecular formula is C38H28BrF5N2O2. The number of hydrogen-bond donors (Lipinski definition) is 0. The SMILES string of the molecule is C[C@@H]1Cc2c(ccc3c2oc(=O)n3C(c2ccccc2)(c2ccccc2)c2ccccc2)[C@@H](c2c(F)cc(Br)cc2F)N1CC(F)(F)F. The highest BCUT2D eigenvalue weighted by Gasteiger charge is 2.45. The van der Waals surface area contributed by atoms with E-state index in [2.05, 4.69) is 15.9 Å². The van der Waals surface area contributed by atoms with E-state index in [4.69, 9.17) is 4.42 Å². The normalized spacial score (nSPS) is 17.1. The third-order valence-corrected chi connectivity index (χ3v) is 9.63. The highest BCUT2D eigenvalue weighted by Crippen LogP contribution is 2.46. The van der Waals surface area contributed by atoms with E-state index in [0.717, 1.165) is 33.7 Å². The number of fused-ring (bicyclic) bond motifs is 3. The van der Waals surface area contributed by atoms with Crippen molar-refractivity contribution in [1.29, 1.82) is 0 Å². The van der Waals surface area contributed by atoms with Crippen LogP contribution in [0.25, 0.3) is 11.1 Å². The second kappa shape index (κ2) is 12.2. The summed E-state index contributed by atoms with van der Waals surface area (Å²) in [6.07, 6.45) is -4.60. The van der Waals surface area contributed by atoms with Gasteiger partial charge in [0.15, 0.2) is 5.58 Å². The first kappa shape index (κ1) is 32.0. The Balaban J connectivity index is 1.56. The Morgan fingerprint density at radius 1 is 0.792 bits per heavy atom. The summed E-state index contributed by atoms with van der Waals surface area (Å²) in [6.45, 7) is 0.182. The second-order valence-electron chi connectivity index (χ2n) is 12.0. The van der Waals surface area contributed by atoms with Gasteiger partial charge in [-0.3, -0.25) is 9.47 Å². The van der Waals surface area contributed by atoms with Crippen LogP contribution in [-0.2, 0) is 12.0 Å². The molecular weight excluding hydrogens is 691 g/mol. The number of oxazole rings is 1. The molecule has 0 spiro atoms.